The summed E-state index contributed by atoms with van der Waals surface area (Å²) >= 11 is 0. The molecule has 0 bridgehead atoms. The molecule has 7 nitrogen and oxygen atoms in total. The van der Waals surface area contributed by atoms with Crippen LogP contribution in [0.25, 0.3) is 0 Å². The van der Waals surface area contributed by atoms with Crippen LogP contribution in [0.15, 0.2) is 5.29 Å². The Bertz CT molecular complexity index is 295. The summed E-state index contributed by atoms with van der Waals surface area (Å²) in [5.41, 5.74) is 5.47. The molecule has 2 amide bonds. The molecule has 1 heterocycles. The molecule has 0 saturated carbocycles. The molecular weight excluding hydrogens is 224 g/mol. The molecule has 1 fully saturated rings. The van der Waals surface area contributed by atoms with E-state index < -0.39 is 6.03 Å². The number of carbonyl (C=O) groups is 1. The molecule has 0 spiro atoms. The van der Waals surface area contributed by atoms with Crippen LogP contribution in [0.1, 0.15) is 47.0 Å². The maximum atomic E-state index is 11.7. The Morgan fingerprint density at radius 3 is 1.82 bits per heavy atom. The van der Waals surface area contributed by atoms with Crippen molar-refractivity contribution >= 4 is 6.03 Å². The lowest BCUT2D eigenvalue weighted by Gasteiger charge is -2.31. The van der Waals surface area contributed by atoms with Crippen LogP contribution in [0.5, 0.6) is 0 Å². The molecule has 1 rings (SSSR count). The van der Waals surface area contributed by atoms with Crippen LogP contribution in [-0.2, 0) is 0 Å². The van der Waals surface area contributed by atoms with E-state index in [0.717, 1.165) is 12.8 Å². The fourth-order valence-electron chi connectivity index (χ4n) is 2.02. The topological polar surface area (TPSA) is 105 Å². The third kappa shape index (κ3) is 4.88. The van der Waals surface area contributed by atoms with Gasteiger partial charge in [0.2, 0.25) is 11.1 Å². The molecule has 3 N–H and O–H groups in total. The number of nitrogens with two attached hydrogens (primary N) is 1. The van der Waals surface area contributed by atoms with Crippen molar-refractivity contribution in [3.05, 3.63) is 9.81 Å². The number of hydrogen-bond acceptors (Lipinski definition) is 4. The fourth-order valence-corrected chi connectivity index (χ4v) is 2.02. The van der Waals surface area contributed by atoms with Crippen LogP contribution in [-0.4, -0.2) is 21.9 Å². The van der Waals surface area contributed by atoms with E-state index in [1.807, 2.05) is 33.0 Å². The first kappa shape index (κ1) is 15.5. The van der Waals surface area contributed by atoms with E-state index >= 15 is 0 Å². The Kier molecular flexibility index (Phi) is 5.18. The van der Waals surface area contributed by atoms with Crippen LogP contribution in [0.3, 0.4) is 0 Å². The van der Waals surface area contributed by atoms with Crippen molar-refractivity contribution in [2.45, 2.75) is 58.0 Å². The Morgan fingerprint density at radius 1 is 1.24 bits per heavy atom. The molecule has 17 heavy (non-hydrogen) atoms. The highest BCUT2D eigenvalue weighted by molar-refractivity contribution is 5.70. The van der Waals surface area contributed by atoms with Crippen LogP contribution in [0.2, 0.25) is 0 Å². The van der Waals surface area contributed by atoms with Gasteiger partial charge < -0.3 is 5.73 Å². The zero-order valence-electron chi connectivity index (χ0n) is 10.8. The summed E-state index contributed by atoms with van der Waals surface area (Å²) in [6.07, 6.45) is 3.23. The van der Waals surface area contributed by atoms with Crippen molar-refractivity contribution in [2.75, 3.05) is 0 Å². The van der Waals surface area contributed by atoms with Gasteiger partial charge in [0, 0.05) is 50.2 Å². The first-order valence-electron chi connectivity index (χ1n) is 5.49. The van der Waals surface area contributed by atoms with Gasteiger partial charge >= 0.3 is 6.03 Å². The van der Waals surface area contributed by atoms with Gasteiger partial charge in [-0.2, -0.15) is 5.43 Å². The van der Waals surface area contributed by atoms with Gasteiger partial charge in [-0.15, -0.1) is 4.91 Å². The van der Waals surface area contributed by atoms with Crippen molar-refractivity contribution in [3.8, 4) is 0 Å². The highest BCUT2D eigenvalue weighted by atomic mass is 16.3. The third-order valence-electron chi connectivity index (χ3n) is 2.83. The number of rotatable bonds is 1. The Balaban J connectivity index is 0.000000366. The first-order chi connectivity index (χ1) is 7.63. The summed E-state index contributed by atoms with van der Waals surface area (Å²) in [6.45, 7) is 8.11. The van der Waals surface area contributed by atoms with E-state index in [1.54, 1.807) is 0 Å². The highest BCUT2D eigenvalue weighted by Crippen LogP contribution is 2.33. The molecular formula is C10H21N4O3+. The molecule has 1 aliphatic heterocycles. The standard InChI is InChI=1S/C9H18NO.CH3N3O2/c1-8(2)6-5-7-9(3,4)10(8)11;2-1(5)3-4-6/h5-7H2,1-4H3;(H3,2,3,5,6)/q+1;. The van der Waals surface area contributed by atoms with Crippen molar-refractivity contribution in [1.82, 2.24) is 5.43 Å². The van der Waals surface area contributed by atoms with E-state index in [0.29, 0.717) is 0 Å². The minimum absolute atomic E-state index is 0.151. The second-order valence-corrected chi connectivity index (χ2v) is 5.34. The monoisotopic (exact) mass is 245 g/mol. The molecule has 0 aliphatic carbocycles. The number of nitrogens with zero attached hydrogens (tertiary/aromatic N) is 2. The van der Waals surface area contributed by atoms with Gasteiger partial charge in [0.1, 0.15) is 0 Å². The predicted octanol–water partition coefficient (Wildman–Crippen LogP) is 1.84. The van der Waals surface area contributed by atoms with Gasteiger partial charge in [-0.05, 0) is 6.42 Å². The lowest BCUT2D eigenvalue weighted by Crippen LogP contribution is -2.50. The quantitative estimate of drug-likeness (QED) is 0.418. The zero-order chi connectivity index (χ0) is 13.7. The number of carbonyl (C=O) groups excluding carboxylic acids is 1. The van der Waals surface area contributed by atoms with Crippen molar-refractivity contribution in [3.63, 3.8) is 0 Å². The number of piperidine rings is 1. The van der Waals surface area contributed by atoms with Crippen molar-refractivity contribution in [2.24, 2.45) is 11.0 Å². The summed E-state index contributed by atoms with van der Waals surface area (Å²) in [7, 11) is 0. The first-order valence-corrected chi connectivity index (χ1v) is 5.49. The summed E-state index contributed by atoms with van der Waals surface area (Å²) in [4.78, 5) is 30.1. The molecule has 0 aromatic rings. The van der Waals surface area contributed by atoms with Crippen LogP contribution >= 0.6 is 0 Å². The normalized spacial score (nSPS) is 20.8. The van der Waals surface area contributed by atoms with Gasteiger partial charge in [0.15, 0.2) is 0 Å². The predicted molar refractivity (Wildman–Crippen MR) is 64.2 cm³/mol. The smallest absolute Gasteiger partial charge is 0.335 e. The average molecular weight is 245 g/mol. The van der Waals surface area contributed by atoms with E-state index in [2.05, 4.69) is 5.73 Å². The summed E-state index contributed by atoms with van der Waals surface area (Å²) in [5, 5.41) is 1.96. The van der Waals surface area contributed by atoms with Gasteiger partial charge in [0.25, 0.3) is 0 Å². The molecule has 0 atom stereocenters. The van der Waals surface area contributed by atoms with Gasteiger partial charge in [-0.1, -0.05) is 0 Å². The van der Waals surface area contributed by atoms with Crippen molar-refractivity contribution < 1.29 is 9.55 Å². The molecule has 0 unspecified atom stereocenters. The number of amides is 2. The van der Waals surface area contributed by atoms with Crippen LogP contribution in [0.4, 0.5) is 4.79 Å². The summed E-state index contributed by atoms with van der Waals surface area (Å²) < 4.78 is 1.27. The number of nitroso groups, excluding NO2 is 2. The van der Waals surface area contributed by atoms with Gasteiger partial charge in [0.05, 0.1) is 5.29 Å². The van der Waals surface area contributed by atoms with Crippen molar-refractivity contribution in [1.29, 1.82) is 0 Å². The number of hydrogen-bond donors (Lipinski definition) is 2. The Labute approximate surface area is 101 Å². The zero-order valence-corrected chi connectivity index (χ0v) is 10.8. The molecule has 1 saturated heterocycles. The minimum atomic E-state index is -0.940. The maximum absolute atomic E-state index is 11.7. The largest absolute Gasteiger partial charge is 0.350 e. The SMILES string of the molecule is CC1(C)CCCC(C)(C)[N+]1=O.NC(=O)NN=O. The molecule has 0 aromatic carbocycles. The highest BCUT2D eigenvalue weighted by Gasteiger charge is 2.49. The lowest BCUT2D eigenvalue weighted by atomic mass is 9.83. The Morgan fingerprint density at radius 2 is 1.65 bits per heavy atom. The van der Waals surface area contributed by atoms with Gasteiger partial charge in [-0.3, -0.25) is 0 Å². The van der Waals surface area contributed by atoms with Crippen LogP contribution in [0, 0.1) is 9.81 Å². The molecule has 0 radical (unpaired) electrons. The summed E-state index contributed by atoms with van der Waals surface area (Å²) in [5.74, 6) is 0. The maximum Gasteiger partial charge on any atom is 0.335 e. The van der Waals surface area contributed by atoms with E-state index in [4.69, 9.17) is 4.91 Å². The Hall–Kier alpha value is -1.53. The second-order valence-electron chi connectivity index (χ2n) is 5.34. The van der Waals surface area contributed by atoms with E-state index in [-0.39, 0.29) is 11.1 Å². The lowest BCUT2D eigenvalue weighted by molar-refractivity contribution is -0.692. The van der Waals surface area contributed by atoms with E-state index in [1.165, 1.54) is 16.6 Å². The fraction of sp³-hybridized carbons (Fsp3) is 0.900. The molecule has 7 heteroatoms. The molecule has 98 valence electrons. The minimum Gasteiger partial charge on any atom is -0.350 e. The molecule has 0 aromatic heterocycles. The second kappa shape index (κ2) is 5.70. The number of urea groups is 1. The van der Waals surface area contributed by atoms with Gasteiger partial charge in [-0.25, -0.2) is 4.79 Å². The average Bonchev–Trinajstić information content (AvgIpc) is 2.14. The summed E-state index contributed by atoms with van der Waals surface area (Å²) in [6, 6.07) is -0.940. The third-order valence-corrected chi connectivity index (χ3v) is 2.83. The molecule has 1 aliphatic rings. The van der Waals surface area contributed by atoms with Crippen LogP contribution < -0.4 is 11.2 Å². The number of primary amides is 1. The number of nitrogens with one attached hydrogen (secondary N) is 1. The van der Waals surface area contributed by atoms with E-state index in [9.17, 15) is 9.70 Å².